The Labute approximate surface area is 161 Å². The summed E-state index contributed by atoms with van der Waals surface area (Å²) in [6.07, 6.45) is 7.32. The molecule has 2 aromatic rings. The third kappa shape index (κ3) is 2.88. The molecule has 3 fully saturated rings. The Balaban J connectivity index is 1.20. The Bertz CT molecular complexity index is 853. The highest BCUT2D eigenvalue weighted by Gasteiger charge is 2.63. The molecule has 2 N–H and O–H groups in total. The molecule has 2 amide bonds. The van der Waals surface area contributed by atoms with Crippen molar-refractivity contribution in [2.24, 2.45) is 11.8 Å². The number of carbonyl (C=O) groups is 2. The first-order valence-electron chi connectivity index (χ1n) is 9.70. The van der Waals surface area contributed by atoms with Gasteiger partial charge < -0.3 is 19.5 Å². The van der Waals surface area contributed by atoms with Gasteiger partial charge in [-0.3, -0.25) is 14.7 Å². The number of hydrogen-bond donors (Lipinski definition) is 2. The quantitative estimate of drug-likeness (QED) is 0.713. The van der Waals surface area contributed by atoms with E-state index in [1.54, 1.807) is 29.5 Å². The van der Waals surface area contributed by atoms with Gasteiger partial charge in [-0.1, -0.05) is 0 Å². The summed E-state index contributed by atoms with van der Waals surface area (Å²) in [4.78, 5) is 26.8. The number of nitrogens with zero attached hydrogens (tertiary/aromatic N) is 5. The van der Waals surface area contributed by atoms with Crippen molar-refractivity contribution in [2.45, 2.75) is 37.5 Å². The van der Waals surface area contributed by atoms with E-state index in [0.717, 1.165) is 12.8 Å². The molecule has 3 saturated heterocycles. The molecule has 5 rings (SSSR count). The molecule has 0 saturated carbocycles. The average Bonchev–Trinajstić information content (AvgIpc) is 3.49. The number of aryl methyl sites for hydroxylation is 1. The molecule has 5 heterocycles. The normalized spacial score (nSPS) is 30.6. The van der Waals surface area contributed by atoms with Crippen LogP contribution in [0.3, 0.4) is 0 Å². The van der Waals surface area contributed by atoms with Crippen molar-refractivity contribution in [1.82, 2.24) is 35.2 Å². The van der Waals surface area contributed by atoms with E-state index < -0.39 is 0 Å². The van der Waals surface area contributed by atoms with E-state index in [-0.39, 0.29) is 35.4 Å². The molecule has 0 aromatic carbocycles. The number of aromatic nitrogens is 5. The minimum absolute atomic E-state index is 0.00825. The van der Waals surface area contributed by atoms with Gasteiger partial charge in [0.15, 0.2) is 0 Å². The smallest absolute Gasteiger partial charge is 0.271 e. The molecule has 0 aliphatic carbocycles. The van der Waals surface area contributed by atoms with E-state index >= 15 is 0 Å². The number of ether oxygens (including phenoxy) is 1. The fraction of sp³-hybridized carbons (Fsp3) is 0.611. The lowest BCUT2D eigenvalue weighted by Gasteiger charge is -2.29. The highest BCUT2D eigenvalue weighted by atomic mass is 16.5. The molecule has 2 aromatic heterocycles. The van der Waals surface area contributed by atoms with Crippen LogP contribution in [0.2, 0.25) is 0 Å². The molecule has 0 radical (unpaired) electrons. The maximum Gasteiger partial charge on any atom is 0.271 e. The summed E-state index contributed by atoms with van der Waals surface area (Å²) in [7, 11) is 0. The molecule has 10 nitrogen and oxygen atoms in total. The van der Waals surface area contributed by atoms with Crippen LogP contribution in [0.1, 0.15) is 29.8 Å². The van der Waals surface area contributed by atoms with Crippen molar-refractivity contribution in [3.63, 3.8) is 0 Å². The molecule has 2 bridgehead atoms. The molecule has 3 aliphatic rings. The Hall–Kier alpha value is -2.75. The van der Waals surface area contributed by atoms with E-state index in [2.05, 4.69) is 25.7 Å². The fourth-order valence-corrected chi connectivity index (χ4v) is 5.05. The summed E-state index contributed by atoms with van der Waals surface area (Å²) in [5.41, 5.74) is 0.253. The van der Waals surface area contributed by atoms with Gasteiger partial charge in [0.2, 0.25) is 5.91 Å². The average molecular weight is 385 g/mol. The molecule has 0 unspecified atom stereocenters. The van der Waals surface area contributed by atoms with Gasteiger partial charge in [-0.2, -0.15) is 5.10 Å². The Kier molecular flexibility index (Phi) is 4.15. The number of likely N-dealkylation sites (tertiary alicyclic amines) is 1. The van der Waals surface area contributed by atoms with Crippen LogP contribution in [0.4, 0.5) is 0 Å². The third-order valence-electron chi connectivity index (χ3n) is 6.40. The number of carbonyl (C=O) groups excluding carboxylic acids is 2. The molecule has 4 atom stereocenters. The van der Waals surface area contributed by atoms with Crippen LogP contribution in [-0.4, -0.2) is 73.0 Å². The molecule has 10 heteroatoms. The summed E-state index contributed by atoms with van der Waals surface area (Å²) >= 11 is 0. The summed E-state index contributed by atoms with van der Waals surface area (Å²) in [6, 6.07) is 1.69. The predicted octanol–water partition coefficient (Wildman–Crippen LogP) is -0.173. The lowest BCUT2D eigenvalue weighted by Crippen LogP contribution is -2.42. The Morgan fingerprint density at radius 2 is 2.21 bits per heavy atom. The van der Waals surface area contributed by atoms with Crippen molar-refractivity contribution >= 4 is 11.8 Å². The molecular weight excluding hydrogens is 362 g/mol. The molecular formula is C18H23N7O3. The first-order chi connectivity index (χ1) is 13.6. The van der Waals surface area contributed by atoms with Crippen LogP contribution in [0.25, 0.3) is 0 Å². The predicted molar refractivity (Wildman–Crippen MR) is 96.0 cm³/mol. The van der Waals surface area contributed by atoms with Gasteiger partial charge in [-0.15, -0.1) is 10.2 Å². The van der Waals surface area contributed by atoms with Crippen molar-refractivity contribution in [2.75, 3.05) is 19.6 Å². The summed E-state index contributed by atoms with van der Waals surface area (Å²) in [5, 5.41) is 17.2. The largest absolute Gasteiger partial charge is 0.369 e. The number of H-pyrrole nitrogens is 1. The van der Waals surface area contributed by atoms with E-state index in [4.69, 9.17) is 4.74 Å². The Morgan fingerprint density at radius 1 is 1.36 bits per heavy atom. The zero-order valence-electron chi connectivity index (χ0n) is 15.5. The number of fused-ring (bicyclic) bond motifs is 1. The standard InChI is InChI=1S/C18H23N7O3/c26-16(3-6-24-10-21-22-11-24)19-7-12-13-8-25(17(27)14-2-5-20-23-14)9-18(13)4-1-15(12)28-18/h2,5,10-13,15H,1,3-4,6-9H2,(H,19,26)(H,20,23)/t12-,13+,15+,18+/m0/s1. The second-order valence-electron chi connectivity index (χ2n) is 7.94. The molecule has 3 aliphatic heterocycles. The van der Waals surface area contributed by atoms with Crippen molar-refractivity contribution < 1.29 is 14.3 Å². The van der Waals surface area contributed by atoms with Gasteiger partial charge in [-0.05, 0) is 18.9 Å². The van der Waals surface area contributed by atoms with Gasteiger partial charge in [0, 0.05) is 44.1 Å². The van der Waals surface area contributed by atoms with E-state index in [1.807, 2.05) is 4.90 Å². The minimum Gasteiger partial charge on any atom is -0.369 e. The van der Waals surface area contributed by atoms with Gasteiger partial charge in [0.05, 0.1) is 18.2 Å². The lowest BCUT2D eigenvalue weighted by molar-refractivity contribution is -0.121. The summed E-state index contributed by atoms with van der Waals surface area (Å²) in [5.74, 6) is 0.474. The monoisotopic (exact) mass is 385 g/mol. The van der Waals surface area contributed by atoms with Crippen LogP contribution in [0, 0.1) is 11.8 Å². The second-order valence-corrected chi connectivity index (χ2v) is 7.94. The van der Waals surface area contributed by atoms with Crippen molar-refractivity contribution in [3.8, 4) is 0 Å². The maximum absolute atomic E-state index is 12.7. The van der Waals surface area contributed by atoms with Crippen LogP contribution in [0.15, 0.2) is 24.9 Å². The van der Waals surface area contributed by atoms with Crippen molar-refractivity contribution in [3.05, 3.63) is 30.6 Å². The highest BCUT2D eigenvalue weighted by molar-refractivity contribution is 5.92. The van der Waals surface area contributed by atoms with E-state index in [0.29, 0.717) is 38.3 Å². The first kappa shape index (κ1) is 17.4. The van der Waals surface area contributed by atoms with E-state index in [9.17, 15) is 9.59 Å². The summed E-state index contributed by atoms with van der Waals surface area (Å²) < 4.78 is 8.14. The maximum atomic E-state index is 12.7. The summed E-state index contributed by atoms with van der Waals surface area (Å²) in [6.45, 7) is 2.42. The first-order valence-corrected chi connectivity index (χ1v) is 9.70. The molecule has 28 heavy (non-hydrogen) atoms. The zero-order chi connectivity index (χ0) is 19.1. The van der Waals surface area contributed by atoms with Gasteiger partial charge in [0.1, 0.15) is 18.3 Å². The van der Waals surface area contributed by atoms with Crippen LogP contribution in [-0.2, 0) is 16.1 Å². The highest BCUT2D eigenvalue weighted by Crippen LogP contribution is 2.54. The molecule has 1 spiro atoms. The zero-order valence-corrected chi connectivity index (χ0v) is 15.5. The Morgan fingerprint density at radius 3 is 3.00 bits per heavy atom. The number of hydrogen-bond acceptors (Lipinski definition) is 6. The molecule has 148 valence electrons. The number of aromatic amines is 1. The number of amides is 2. The SMILES string of the molecule is O=C(CCn1cnnc1)NC[C@H]1[C@H]2CN(C(=O)c3ccn[nH]3)C[C@]23CC[C@H]1O3. The van der Waals surface area contributed by atoms with Crippen LogP contribution >= 0.6 is 0 Å². The van der Waals surface area contributed by atoms with Crippen LogP contribution < -0.4 is 5.32 Å². The number of rotatable bonds is 6. The van der Waals surface area contributed by atoms with Crippen molar-refractivity contribution in [1.29, 1.82) is 0 Å². The van der Waals surface area contributed by atoms with E-state index in [1.165, 1.54) is 0 Å². The van der Waals surface area contributed by atoms with Gasteiger partial charge in [-0.25, -0.2) is 0 Å². The fourth-order valence-electron chi connectivity index (χ4n) is 5.05. The topological polar surface area (TPSA) is 118 Å². The van der Waals surface area contributed by atoms with Crippen LogP contribution in [0.5, 0.6) is 0 Å². The van der Waals surface area contributed by atoms with Gasteiger partial charge >= 0.3 is 0 Å². The second kappa shape index (κ2) is 6.69. The van der Waals surface area contributed by atoms with Gasteiger partial charge in [0.25, 0.3) is 5.91 Å². The number of nitrogens with one attached hydrogen (secondary N) is 2. The lowest BCUT2D eigenvalue weighted by atomic mass is 9.73. The minimum atomic E-state index is -0.252. The third-order valence-corrected chi connectivity index (χ3v) is 6.40.